The maximum atomic E-state index is 5.53. The molecule has 0 aromatic heterocycles. The molecule has 0 radical (unpaired) electrons. The van der Waals surface area contributed by atoms with E-state index in [-0.39, 0.29) is 0 Å². The van der Waals surface area contributed by atoms with Gasteiger partial charge in [-0.25, -0.2) is 0 Å². The lowest BCUT2D eigenvalue weighted by molar-refractivity contribution is 0.134. The van der Waals surface area contributed by atoms with Crippen molar-refractivity contribution in [3.63, 3.8) is 0 Å². The molecule has 2 atom stereocenters. The summed E-state index contributed by atoms with van der Waals surface area (Å²) in [7, 11) is 0. The molecule has 0 saturated carbocycles. The summed E-state index contributed by atoms with van der Waals surface area (Å²) < 4.78 is 5.53. The first-order valence-corrected chi connectivity index (χ1v) is 7.90. The Morgan fingerprint density at radius 1 is 1.39 bits per heavy atom. The van der Waals surface area contributed by atoms with Crippen LogP contribution in [0.15, 0.2) is 24.3 Å². The van der Waals surface area contributed by atoms with Crippen LogP contribution in [0.4, 0.5) is 5.69 Å². The van der Waals surface area contributed by atoms with Crippen molar-refractivity contribution in [3.8, 4) is 0 Å². The van der Waals surface area contributed by atoms with Crippen molar-refractivity contribution in [1.29, 1.82) is 0 Å². The van der Waals surface area contributed by atoms with Gasteiger partial charge in [-0.2, -0.15) is 11.8 Å². The molecule has 100 valence electrons. The number of ether oxygens (including phenoxy) is 1. The standard InChI is InChI=1S/C15H23NOS/c1-3-17-11-13-7-4-5-8-15(13)16-14-9-6-10-18-12(14)2/h4-5,7-8,12,14,16H,3,6,9-11H2,1-2H3. The SMILES string of the molecule is CCOCc1ccccc1NC1CCCSC1C. The number of nitrogens with one attached hydrogen (secondary N) is 1. The molecular formula is C15H23NOS. The quantitative estimate of drug-likeness (QED) is 0.872. The fraction of sp³-hybridized carbons (Fsp3) is 0.600. The lowest BCUT2D eigenvalue weighted by atomic mass is 10.1. The van der Waals surface area contributed by atoms with Crippen LogP contribution in [0.5, 0.6) is 0 Å². The average molecular weight is 265 g/mol. The van der Waals surface area contributed by atoms with Crippen LogP contribution in [0.25, 0.3) is 0 Å². The highest BCUT2D eigenvalue weighted by Gasteiger charge is 2.22. The molecule has 0 spiro atoms. The number of rotatable bonds is 5. The smallest absolute Gasteiger partial charge is 0.0736 e. The third-order valence-corrected chi connectivity index (χ3v) is 4.81. The van der Waals surface area contributed by atoms with E-state index in [0.29, 0.717) is 17.9 Å². The summed E-state index contributed by atoms with van der Waals surface area (Å²) in [6.07, 6.45) is 2.59. The van der Waals surface area contributed by atoms with E-state index in [9.17, 15) is 0 Å². The van der Waals surface area contributed by atoms with Crippen LogP contribution in [0, 0.1) is 0 Å². The van der Waals surface area contributed by atoms with E-state index in [1.807, 2.05) is 6.92 Å². The van der Waals surface area contributed by atoms with E-state index in [2.05, 4.69) is 48.3 Å². The molecule has 18 heavy (non-hydrogen) atoms. The van der Waals surface area contributed by atoms with Crippen molar-refractivity contribution in [2.24, 2.45) is 0 Å². The number of anilines is 1. The topological polar surface area (TPSA) is 21.3 Å². The molecule has 0 bridgehead atoms. The molecule has 1 saturated heterocycles. The zero-order chi connectivity index (χ0) is 12.8. The lowest BCUT2D eigenvalue weighted by Crippen LogP contribution is -2.33. The van der Waals surface area contributed by atoms with Gasteiger partial charge in [0.05, 0.1) is 6.61 Å². The predicted octanol–water partition coefficient (Wildman–Crippen LogP) is 3.92. The Morgan fingerprint density at radius 3 is 3.00 bits per heavy atom. The molecular weight excluding hydrogens is 242 g/mol. The van der Waals surface area contributed by atoms with Gasteiger partial charge in [-0.1, -0.05) is 25.1 Å². The Hall–Kier alpha value is -0.670. The number of hydrogen-bond donors (Lipinski definition) is 1. The van der Waals surface area contributed by atoms with Gasteiger partial charge >= 0.3 is 0 Å². The Labute approximate surface area is 114 Å². The molecule has 1 aromatic rings. The van der Waals surface area contributed by atoms with E-state index >= 15 is 0 Å². The second kappa shape index (κ2) is 7.05. The van der Waals surface area contributed by atoms with Gasteiger partial charge in [0.2, 0.25) is 0 Å². The normalized spacial score (nSPS) is 23.9. The first-order chi connectivity index (χ1) is 8.81. The monoisotopic (exact) mass is 265 g/mol. The molecule has 0 aliphatic carbocycles. The van der Waals surface area contributed by atoms with E-state index in [4.69, 9.17) is 4.74 Å². The van der Waals surface area contributed by atoms with Gasteiger partial charge < -0.3 is 10.1 Å². The highest BCUT2D eigenvalue weighted by molar-refractivity contribution is 8.00. The summed E-state index contributed by atoms with van der Waals surface area (Å²) in [6.45, 7) is 5.83. The van der Waals surface area contributed by atoms with Gasteiger partial charge in [-0.3, -0.25) is 0 Å². The summed E-state index contributed by atoms with van der Waals surface area (Å²) in [5.41, 5.74) is 2.51. The van der Waals surface area contributed by atoms with Gasteiger partial charge in [0.1, 0.15) is 0 Å². The second-order valence-corrected chi connectivity index (χ2v) is 6.25. The number of para-hydroxylation sites is 1. The Balaban J connectivity index is 2.03. The number of benzene rings is 1. The predicted molar refractivity (Wildman–Crippen MR) is 80.3 cm³/mol. The largest absolute Gasteiger partial charge is 0.381 e. The molecule has 0 amide bonds. The highest BCUT2D eigenvalue weighted by Crippen LogP contribution is 2.28. The second-order valence-electron chi connectivity index (χ2n) is 4.76. The van der Waals surface area contributed by atoms with Crippen LogP contribution in [0.2, 0.25) is 0 Å². The summed E-state index contributed by atoms with van der Waals surface area (Å²) >= 11 is 2.08. The first-order valence-electron chi connectivity index (χ1n) is 6.85. The minimum absolute atomic E-state index is 0.589. The molecule has 2 rings (SSSR count). The van der Waals surface area contributed by atoms with Crippen LogP contribution >= 0.6 is 11.8 Å². The van der Waals surface area contributed by atoms with Crippen LogP contribution in [0.1, 0.15) is 32.3 Å². The van der Waals surface area contributed by atoms with Gasteiger partial charge in [0, 0.05) is 29.1 Å². The van der Waals surface area contributed by atoms with Crippen molar-refractivity contribution in [3.05, 3.63) is 29.8 Å². The third kappa shape index (κ3) is 3.66. The zero-order valence-electron chi connectivity index (χ0n) is 11.3. The summed E-state index contributed by atoms with van der Waals surface area (Å²) in [5.74, 6) is 1.31. The highest BCUT2D eigenvalue weighted by atomic mass is 32.2. The van der Waals surface area contributed by atoms with Gasteiger partial charge in [0.25, 0.3) is 0 Å². The fourth-order valence-corrected chi connectivity index (χ4v) is 3.45. The minimum Gasteiger partial charge on any atom is -0.381 e. The summed E-state index contributed by atoms with van der Waals surface area (Å²) in [4.78, 5) is 0. The third-order valence-electron chi connectivity index (χ3n) is 3.43. The van der Waals surface area contributed by atoms with Crippen molar-refractivity contribution >= 4 is 17.4 Å². The summed E-state index contributed by atoms with van der Waals surface area (Å²) in [5, 5.41) is 4.40. The average Bonchev–Trinajstić information content (AvgIpc) is 2.40. The van der Waals surface area contributed by atoms with Crippen LogP contribution in [0.3, 0.4) is 0 Å². The minimum atomic E-state index is 0.589. The molecule has 1 aliphatic heterocycles. The Bertz CT molecular complexity index is 369. The van der Waals surface area contributed by atoms with Gasteiger partial charge in [-0.05, 0) is 31.6 Å². The molecule has 1 N–H and O–H groups in total. The van der Waals surface area contributed by atoms with E-state index in [1.54, 1.807) is 0 Å². The maximum Gasteiger partial charge on any atom is 0.0736 e. The molecule has 2 nitrogen and oxygen atoms in total. The van der Waals surface area contributed by atoms with Crippen molar-refractivity contribution in [2.75, 3.05) is 17.7 Å². The van der Waals surface area contributed by atoms with Gasteiger partial charge in [0.15, 0.2) is 0 Å². The van der Waals surface area contributed by atoms with Crippen molar-refractivity contribution in [1.82, 2.24) is 0 Å². The lowest BCUT2D eigenvalue weighted by Gasteiger charge is -2.30. The molecule has 1 heterocycles. The van der Waals surface area contributed by atoms with E-state index < -0.39 is 0 Å². The van der Waals surface area contributed by atoms with E-state index in [1.165, 1.54) is 29.8 Å². The Kier molecular flexibility index (Phi) is 5.39. The first kappa shape index (κ1) is 13.8. The maximum absolute atomic E-state index is 5.53. The van der Waals surface area contributed by atoms with Crippen molar-refractivity contribution in [2.45, 2.75) is 44.6 Å². The summed E-state index contributed by atoms with van der Waals surface area (Å²) in [6, 6.07) is 9.09. The number of thioether (sulfide) groups is 1. The molecule has 1 fully saturated rings. The van der Waals surface area contributed by atoms with Crippen LogP contribution < -0.4 is 5.32 Å². The Morgan fingerprint density at radius 2 is 2.22 bits per heavy atom. The molecule has 2 unspecified atom stereocenters. The molecule has 1 aliphatic rings. The van der Waals surface area contributed by atoms with Crippen LogP contribution in [-0.2, 0) is 11.3 Å². The molecule has 1 aromatic carbocycles. The zero-order valence-corrected chi connectivity index (χ0v) is 12.1. The van der Waals surface area contributed by atoms with Gasteiger partial charge in [-0.15, -0.1) is 0 Å². The van der Waals surface area contributed by atoms with Crippen molar-refractivity contribution < 1.29 is 4.74 Å². The fourth-order valence-electron chi connectivity index (χ4n) is 2.31. The van der Waals surface area contributed by atoms with E-state index in [0.717, 1.165) is 6.61 Å². The molecule has 3 heteroatoms. The van der Waals surface area contributed by atoms with Crippen LogP contribution in [-0.4, -0.2) is 23.7 Å². The number of hydrogen-bond acceptors (Lipinski definition) is 3.